The fraction of sp³-hybridized carbons (Fsp3) is 0.353. The third kappa shape index (κ3) is 3.08. The van der Waals surface area contributed by atoms with E-state index in [9.17, 15) is 0 Å². The maximum absolute atomic E-state index is 4.71. The highest BCUT2D eigenvalue weighted by molar-refractivity contribution is 9.10. The zero-order valence-corrected chi connectivity index (χ0v) is 14.3. The lowest BCUT2D eigenvalue weighted by Crippen LogP contribution is -2.07. The summed E-state index contributed by atoms with van der Waals surface area (Å²) < 4.78 is 3.15. The number of hydrogen-bond acceptors (Lipinski definition) is 4. The third-order valence-electron chi connectivity index (χ3n) is 4.40. The Balaban J connectivity index is 1.52. The SMILES string of the molecule is Brc1ccc2ncnc(NCc3ccn(C4CCCC4)n3)c2c1. The number of hydrogen-bond donors (Lipinski definition) is 1. The number of rotatable bonds is 4. The van der Waals surface area contributed by atoms with Gasteiger partial charge in [0.2, 0.25) is 0 Å². The zero-order chi connectivity index (χ0) is 15.6. The van der Waals surface area contributed by atoms with Crippen LogP contribution in [0.1, 0.15) is 37.4 Å². The van der Waals surface area contributed by atoms with Crippen LogP contribution in [-0.2, 0) is 6.54 Å². The van der Waals surface area contributed by atoms with Crippen LogP contribution in [0.4, 0.5) is 5.82 Å². The summed E-state index contributed by atoms with van der Waals surface area (Å²) in [6, 6.07) is 8.68. The lowest BCUT2D eigenvalue weighted by molar-refractivity contribution is 0.463. The van der Waals surface area contributed by atoms with Crippen LogP contribution in [0.3, 0.4) is 0 Å². The maximum Gasteiger partial charge on any atom is 0.137 e. The van der Waals surface area contributed by atoms with E-state index in [0.717, 1.165) is 26.9 Å². The molecule has 3 aromatic rings. The van der Waals surface area contributed by atoms with E-state index in [2.05, 4.69) is 48.2 Å². The highest BCUT2D eigenvalue weighted by atomic mass is 79.9. The molecule has 1 fully saturated rings. The van der Waals surface area contributed by atoms with Gasteiger partial charge in [0, 0.05) is 16.1 Å². The molecule has 0 spiro atoms. The van der Waals surface area contributed by atoms with Gasteiger partial charge in [0.15, 0.2) is 0 Å². The second kappa shape index (κ2) is 6.28. The smallest absolute Gasteiger partial charge is 0.137 e. The predicted octanol–water partition coefficient (Wildman–Crippen LogP) is 4.32. The molecule has 118 valence electrons. The molecule has 2 aromatic heterocycles. The van der Waals surface area contributed by atoms with Crippen LogP contribution in [0, 0.1) is 0 Å². The van der Waals surface area contributed by atoms with Crippen LogP contribution in [0.2, 0.25) is 0 Å². The number of nitrogens with zero attached hydrogens (tertiary/aromatic N) is 4. The van der Waals surface area contributed by atoms with Crippen LogP contribution >= 0.6 is 15.9 Å². The molecule has 1 N–H and O–H groups in total. The largest absolute Gasteiger partial charge is 0.364 e. The summed E-state index contributed by atoms with van der Waals surface area (Å²) >= 11 is 3.50. The second-order valence-corrected chi connectivity index (χ2v) is 6.88. The summed E-state index contributed by atoms with van der Waals surface area (Å²) in [5, 5.41) is 9.10. The van der Waals surface area contributed by atoms with Crippen molar-refractivity contribution < 1.29 is 0 Å². The van der Waals surface area contributed by atoms with E-state index < -0.39 is 0 Å². The minimum Gasteiger partial charge on any atom is -0.364 e. The van der Waals surface area contributed by atoms with Crippen molar-refractivity contribution in [3.05, 3.63) is 47.0 Å². The van der Waals surface area contributed by atoms with Crippen molar-refractivity contribution in [3.63, 3.8) is 0 Å². The van der Waals surface area contributed by atoms with E-state index in [1.54, 1.807) is 6.33 Å². The molecule has 0 aliphatic heterocycles. The van der Waals surface area contributed by atoms with Crippen molar-refractivity contribution in [1.29, 1.82) is 0 Å². The summed E-state index contributed by atoms with van der Waals surface area (Å²) in [6.45, 7) is 0.665. The quantitative estimate of drug-likeness (QED) is 0.741. The summed E-state index contributed by atoms with van der Waals surface area (Å²) in [5.74, 6) is 0.840. The minimum absolute atomic E-state index is 0.583. The molecular weight excluding hydrogens is 354 g/mol. The molecule has 1 aromatic carbocycles. The molecule has 2 heterocycles. The summed E-state index contributed by atoms with van der Waals surface area (Å²) in [5.41, 5.74) is 1.97. The van der Waals surface area contributed by atoms with Crippen LogP contribution in [0.5, 0.6) is 0 Å². The summed E-state index contributed by atoms with van der Waals surface area (Å²) in [6.07, 6.45) is 8.83. The lowest BCUT2D eigenvalue weighted by Gasteiger charge is -2.09. The second-order valence-electron chi connectivity index (χ2n) is 5.96. The molecule has 23 heavy (non-hydrogen) atoms. The Morgan fingerprint density at radius 1 is 1.17 bits per heavy atom. The van der Waals surface area contributed by atoms with Gasteiger partial charge < -0.3 is 5.32 Å². The monoisotopic (exact) mass is 371 g/mol. The molecule has 5 nitrogen and oxygen atoms in total. The van der Waals surface area contributed by atoms with E-state index in [1.807, 2.05) is 18.2 Å². The highest BCUT2D eigenvalue weighted by Crippen LogP contribution is 2.29. The van der Waals surface area contributed by atoms with Gasteiger partial charge in [-0.25, -0.2) is 9.97 Å². The van der Waals surface area contributed by atoms with Gasteiger partial charge in [-0.2, -0.15) is 5.10 Å². The van der Waals surface area contributed by atoms with Gasteiger partial charge in [-0.3, -0.25) is 4.68 Å². The molecule has 6 heteroatoms. The van der Waals surface area contributed by atoms with Crippen molar-refractivity contribution >= 4 is 32.7 Å². The van der Waals surface area contributed by atoms with E-state index in [-0.39, 0.29) is 0 Å². The first kappa shape index (κ1) is 14.6. The molecule has 0 amide bonds. The van der Waals surface area contributed by atoms with Gasteiger partial charge in [0.1, 0.15) is 12.1 Å². The first-order valence-corrected chi connectivity index (χ1v) is 8.77. The Morgan fingerprint density at radius 3 is 2.91 bits per heavy atom. The van der Waals surface area contributed by atoms with Crippen LogP contribution < -0.4 is 5.32 Å². The molecule has 4 rings (SSSR count). The van der Waals surface area contributed by atoms with Crippen molar-refractivity contribution in [1.82, 2.24) is 19.7 Å². The lowest BCUT2D eigenvalue weighted by atomic mass is 10.2. The van der Waals surface area contributed by atoms with Gasteiger partial charge >= 0.3 is 0 Å². The summed E-state index contributed by atoms with van der Waals surface area (Å²) in [4.78, 5) is 8.67. The number of aromatic nitrogens is 4. The van der Waals surface area contributed by atoms with Crippen molar-refractivity contribution in [2.24, 2.45) is 0 Å². The Hall–Kier alpha value is -1.95. The minimum atomic E-state index is 0.583. The Bertz CT molecular complexity index is 823. The molecular formula is C17H18BrN5. The Kier molecular flexibility index (Phi) is 3.99. The first-order chi connectivity index (χ1) is 11.3. The number of fused-ring (bicyclic) bond motifs is 1. The normalized spacial score (nSPS) is 15.3. The van der Waals surface area contributed by atoms with Crippen LogP contribution in [-0.4, -0.2) is 19.7 Å². The molecule has 0 radical (unpaired) electrons. The number of benzene rings is 1. The number of anilines is 1. The topological polar surface area (TPSA) is 55.6 Å². The van der Waals surface area contributed by atoms with E-state index in [1.165, 1.54) is 25.7 Å². The molecule has 1 saturated carbocycles. The van der Waals surface area contributed by atoms with Crippen molar-refractivity contribution in [3.8, 4) is 0 Å². The average Bonchev–Trinajstić information content (AvgIpc) is 3.24. The maximum atomic E-state index is 4.71. The fourth-order valence-corrected chi connectivity index (χ4v) is 3.55. The van der Waals surface area contributed by atoms with Crippen LogP contribution in [0.25, 0.3) is 10.9 Å². The standard InChI is InChI=1S/C17H18BrN5/c18-12-5-6-16-15(9-12)17(21-11-20-16)19-10-13-7-8-23(22-13)14-3-1-2-4-14/h5-9,11,14H,1-4,10H2,(H,19,20,21). The number of nitrogens with one attached hydrogen (secondary N) is 1. The van der Waals surface area contributed by atoms with Gasteiger partial charge in [0.25, 0.3) is 0 Å². The summed E-state index contributed by atoms with van der Waals surface area (Å²) in [7, 11) is 0. The fourth-order valence-electron chi connectivity index (χ4n) is 3.19. The molecule has 0 bridgehead atoms. The third-order valence-corrected chi connectivity index (χ3v) is 4.89. The van der Waals surface area contributed by atoms with Gasteiger partial charge in [-0.15, -0.1) is 0 Å². The van der Waals surface area contributed by atoms with E-state index in [4.69, 9.17) is 5.10 Å². The molecule has 0 unspecified atom stereocenters. The highest BCUT2D eigenvalue weighted by Gasteiger charge is 2.17. The zero-order valence-electron chi connectivity index (χ0n) is 12.7. The van der Waals surface area contributed by atoms with Crippen molar-refractivity contribution in [2.75, 3.05) is 5.32 Å². The van der Waals surface area contributed by atoms with Crippen LogP contribution in [0.15, 0.2) is 41.3 Å². The molecule has 0 saturated heterocycles. The van der Waals surface area contributed by atoms with Gasteiger partial charge in [-0.05, 0) is 37.1 Å². The van der Waals surface area contributed by atoms with Crippen molar-refractivity contribution in [2.45, 2.75) is 38.3 Å². The van der Waals surface area contributed by atoms with Gasteiger partial charge in [-0.1, -0.05) is 28.8 Å². The van der Waals surface area contributed by atoms with E-state index >= 15 is 0 Å². The van der Waals surface area contributed by atoms with E-state index in [0.29, 0.717) is 12.6 Å². The van der Waals surface area contributed by atoms with Gasteiger partial charge in [0.05, 0.1) is 23.8 Å². The molecule has 0 atom stereocenters. The predicted molar refractivity (Wildman–Crippen MR) is 94.3 cm³/mol. The Morgan fingerprint density at radius 2 is 2.04 bits per heavy atom. The molecule has 1 aliphatic carbocycles. The first-order valence-electron chi connectivity index (χ1n) is 7.98. The average molecular weight is 372 g/mol. The Labute approximate surface area is 143 Å². The molecule has 1 aliphatic rings. The number of halogens is 1.